The number of thioether (sulfide) groups is 1. The smallest absolute Gasteiger partial charge is 0.176 e. The third-order valence-corrected chi connectivity index (χ3v) is 6.25. The van der Waals surface area contributed by atoms with Crippen LogP contribution in [0, 0.1) is 0 Å². The van der Waals surface area contributed by atoms with Gasteiger partial charge in [0, 0.05) is 15.5 Å². The van der Waals surface area contributed by atoms with Crippen molar-refractivity contribution in [3.05, 3.63) is 101 Å². The summed E-state index contributed by atoms with van der Waals surface area (Å²) < 4.78 is 5.91. The molecule has 5 heteroatoms. The van der Waals surface area contributed by atoms with E-state index >= 15 is 0 Å². The quantitative estimate of drug-likeness (QED) is 0.470. The van der Waals surface area contributed by atoms with Crippen LogP contribution in [0.5, 0.6) is 11.5 Å². The highest BCUT2D eigenvalue weighted by atomic mass is 35.5. The van der Waals surface area contributed by atoms with Crippen molar-refractivity contribution in [2.24, 2.45) is 0 Å². The maximum atomic E-state index is 12.7. The minimum atomic E-state index is -0.176. The van der Waals surface area contributed by atoms with Crippen LogP contribution in [0.3, 0.4) is 0 Å². The number of benzene rings is 3. The minimum absolute atomic E-state index is 0.0345. The number of ketones is 1. The summed E-state index contributed by atoms with van der Waals surface area (Å²) in [7, 11) is 0. The Morgan fingerprint density at radius 3 is 2.66 bits per heavy atom. The van der Waals surface area contributed by atoms with Gasteiger partial charge in [0.2, 0.25) is 0 Å². The highest BCUT2D eigenvalue weighted by Gasteiger charge is 2.26. The molecule has 0 aromatic heterocycles. The second-order valence-electron chi connectivity index (χ2n) is 6.77. The second-order valence-corrected chi connectivity index (χ2v) is 8.45. The fraction of sp³-hybridized carbons (Fsp3) is 0.125. The van der Waals surface area contributed by atoms with Crippen LogP contribution in [0.15, 0.2) is 78.9 Å². The van der Waals surface area contributed by atoms with Crippen LogP contribution in [0.4, 0.5) is 0 Å². The van der Waals surface area contributed by atoms with Crippen molar-refractivity contribution in [2.75, 3.05) is 0 Å². The number of carbonyl (C=O) groups is 1. The molecule has 1 aliphatic rings. The van der Waals surface area contributed by atoms with E-state index in [9.17, 15) is 9.90 Å². The van der Waals surface area contributed by atoms with E-state index in [1.807, 2.05) is 48.5 Å². The Labute approximate surface area is 179 Å². The maximum absolute atomic E-state index is 12.7. The molecule has 3 nitrogen and oxygen atoms in total. The van der Waals surface area contributed by atoms with Gasteiger partial charge in [-0.25, -0.2) is 0 Å². The highest BCUT2D eigenvalue weighted by Crippen LogP contribution is 2.41. The molecule has 0 spiro atoms. The number of carbonyl (C=O) groups excluding carboxylic acids is 1. The molecule has 1 atom stereocenters. The predicted molar refractivity (Wildman–Crippen MR) is 119 cm³/mol. The normalized spacial score (nSPS) is 15.8. The number of aromatic hydroxyl groups is 1. The molecule has 0 bridgehead atoms. The number of Topliss-reactive ketones (excluding diaryl/α,β-unsaturated/α-hetero) is 1. The van der Waals surface area contributed by atoms with Crippen LogP contribution in [0.1, 0.15) is 27.9 Å². The number of ether oxygens (including phenoxy) is 1. The van der Waals surface area contributed by atoms with Gasteiger partial charge in [0.25, 0.3) is 0 Å². The van der Waals surface area contributed by atoms with Crippen molar-refractivity contribution < 1.29 is 14.6 Å². The van der Waals surface area contributed by atoms with E-state index in [1.165, 1.54) is 6.07 Å². The van der Waals surface area contributed by atoms with E-state index in [4.69, 9.17) is 16.3 Å². The summed E-state index contributed by atoms with van der Waals surface area (Å²) in [5.41, 5.74) is 2.62. The SMILES string of the molecule is O=C(c1cccc(O)c1)C1CC=C(c2cccc(OCc3ccc(Cl)cc3)c2)S1. The summed E-state index contributed by atoms with van der Waals surface area (Å²) in [6.07, 6.45) is 2.76. The molecule has 0 saturated carbocycles. The van der Waals surface area contributed by atoms with E-state index in [0.717, 1.165) is 21.8 Å². The van der Waals surface area contributed by atoms with E-state index in [0.29, 0.717) is 23.6 Å². The molecule has 0 saturated heterocycles. The third kappa shape index (κ3) is 4.84. The second kappa shape index (κ2) is 8.76. The van der Waals surface area contributed by atoms with Crippen molar-refractivity contribution in [3.63, 3.8) is 0 Å². The summed E-state index contributed by atoms with van der Waals surface area (Å²) in [6.45, 7) is 0.464. The van der Waals surface area contributed by atoms with Gasteiger partial charge < -0.3 is 9.84 Å². The first kappa shape index (κ1) is 19.6. The molecule has 1 aliphatic heterocycles. The van der Waals surface area contributed by atoms with Gasteiger partial charge in [0.05, 0.1) is 5.25 Å². The van der Waals surface area contributed by atoms with Gasteiger partial charge in [0.15, 0.2) is 5.78 Å². The van der Waals surface area contributed by atoms with Crippen LogP contribution in [0.2, 0.25) is 5.02 Å². The van der Waals surface area contributed by atoms with E-state index < -0.39 is 0 Å². The van der Waals surface area contributed by atoms with Gasteiger partial charge in [-0.15, -0.1) is 11.8 Å². The summed E-state index contributed by atoms with van der Waals surface area (Å²) in [5.74, 6) is 0.923. The average molecular weight is 423 g/mol. The van der Waals surface area contributed by atoms with E-state index in [2.05, 4.69) is 6.08 Å². The van der Waals surface area contributed by atoms with Crippen molar-refractivity contribution in [3.8, 4) is 11.5 Å². The molecular weight excluding hydrogens is 404 g/mol. The molecule has 3 aromatic rings. The minimum Gasteiger partial charge on any atom is -0.508 e. The van der Waals surface area contributed by atoms with Crippen LogP contribution >= 0.6 is 23.4 Å². The molecule has 0 fully saturated rings. The van der Waals surface area contributed by atoms with Gasteiger partial charge in [0.1, 0.15) is 18.1 Å². The van der Waals surface area contributed by atoms with Gasteiger partial charge in [-0.3, -0.25) is 4.79 Å². The molecule has 146 valence electrons. The highest BCUT2D eigenvalue weighted by molar-refractivity contribution is 8.09. The number of allylic oxidation sites excluding steroid dienone is 1. The summed E-state index contributed by atoms with van der Waals surface area (Å²) in [6, 6.07) is 22.0. The van der Waals surface area contributed by atoms with Crippen molar-refractivity contribution in [2.45, 2.75) is 18.3 Å². The molecule has 29 heavy (non-hydrogen) atoms. The van der Waals surface area contributed by atoms with Crippen molar-refractivity contribution in [1.82, 2.24) is 0 Å². The van der Waals surface area contributed by atoms with Crippen LogP contribution in [0.25, 0.3) is 4.91 Å². The number of hydrogen-bond acceptors (Lipinski definition) is 4. The molecule has 1 N–H and O–H groups in total. The summed E-state index contributed by atoms with van der Waals surface area (Å²) in [5, 5.41) is 10.1. The zero-order valence-electron chi connectivity index (χ0n) is 15.5. The molecule has 0 aliphatic carbocycles. The Balaban J connectivity index is 1.41. The fourth-order valence-electron chi connectivity index (χ4n) is 3.14. The van der Waals surface area contributed by atoms with Crippen molar-refractivity contribution >= 4 is 34.1 Å². The Bertz CT molecular complexity index is 1060. The molecule has 1 unspecified atom stereocenters. The summed E-state index contributed by atoms with van der Waals surface area (Å²) in [4.78, 5) is 13.8. The number of halogens is 1. The van der Waals surface area contributed by atoms with Crippen LogP contribution in [-0.4, -0.2) is 16.1 Å². The number of phenols is 1. The lowest BCUT2D eigenvalue weighted by Crippen LogP contribution is -2.14. The topological polar surface area (TPSA) is 46.5 Å². The molecule has 0 radical (unpaired) electrons. The zero-order chi connectivity index (χ0) is 20.2. The molecule has 1 heterocycles. The average Bonchev–Trinajstić information content (AvgIpc) is 3.23. The first-order chi connectivity index (χ1) is 14.1. The maximum Gasteiger partial charge on any atom is 0.176 e. The van der Waals surface area contributed by atoms with Gasteiger partial charge >= 0.3 is 0 Å². The Kier molecular flexibility index (Phi) is 5.93. The third-order valence-electron chi connectivity index (χ3n) is 4.65. The lowest BCUT2D eigenvalue weighted by molar-refractivity contribution is 0.0990. The lowest BCUT2D eigenvalue weighted by Gasteiger charge is -2.11. The fourth-order valence-corrected chi connectivity index (χ4v) is 4.47. The molecule has 0 amide bonds. The summed E-state index contributed by atoms with van der Waals surface area (Å²) >= 11 is 7.47. The van der Waals surface area contributed by atoms with Gasteiger partial charge in [-0.1, -0.05) is 54.1 Å². The van der Waals surface area contributed by atoms with Crippen LogP contribution < -0.4 is 4.74 Å². The predicted octanol–water partition coefficient (Wildman–Crippen LogP) is 6.35. The molecular formula is C24H19ClO3S. The monoisotopic (exact) mass is 422 g/mol. The molecule has 4 rings (SSSR count). The Hall–Kier alpha value is -2.69. The number of hydrogen-bond donors (Lipinski definition) is 1. The Morgan fingerprint density at radius 2 is 1.86 bits per heavy atom. The van der Waals surface area contributed by atoms with E-state index in [-0.39, 0.29) is 16.8 Å². The Morgan fingerprint density at radius 1 is 1.07 bits per heavy atom. The first-order valence-electron chi connectivity index (χ1n) is 9.26. The van der Waals surface area contributed by atoms with Gasteiger partial charge in [-0.2, -0.15) is 0 Å². The number of rotatable bonds is 6. The standard InChI is InChI=1S/C24H19ClO3S/c25-19-9-7-16(8-10-19)15-28-21-6-2-3-17(14-21)22-11-12-23(29-22)24(27)18-4-1-5-20(26)13-18/h1-11,13-14,23,26H,12,15H2. The van der Waals surface area contributed by atoms with E-state index in [1.54, 1.807) is 30.0 Å². The lowest BCUT2D eigenvalue weighted by atomic mass is 10.1. The van der Waals surface area contributed by atoms with Crippen molar-refractivity contribution in [1.29, 1.82) is 0 Å². The van der Waals surface area contributed by atoms with Gasteiger partial charge in [-0.05, 0) is 53.9 Å². The largest absolute Gasteiger partial charge is 0.508 e. The van der Waals surface area contributed by atoms with Crippen LogP contribution in [-0.2, 0) is 6.61 Å². The zero-order valence-corrected chi connectivity index (χ0v) is 17.1. The first-order valence-corrected chi connectivity index (χ1v) is 10.5. The number of phenolic OH excluding ortho intramolecular Hbond substituents is 1. The molecule has 3 aromatic carbocycles.